The Morgan fingerprint density at radius 3 is 2.40 bits per heavy atom. The number of amides is 2. The molecule has 3 rings (SSSR count). The first-order chi connectivity index (χ1) is 11.9. The summed E-state index contributed by atoms with van der Waals surface area (Å²) in [6, 6.07) is 4.01. The van der Waals surface area contributed by atoms with Gasteiger partial charge in [0.1, 0.15) is 5.92 Å². The van der Waals surface area contributed by atoms with Crippen LogP contribution in [0.1, 0.15) is 18.1 Å². The molecule has 2 aliphatic rings. The predicted octanol–water partition coefficient (Wildman–Crippen LogP) is 1.08. The molecular formula is C16H16N4O5. The van der Waals surface area contributed by atoms with Gasteiger partial charge in [0.25, 0.3) is 5.91 Å². The Balaban J connectivity index is 2.03. The van der Waals surface area contributed by atoms with Crippen LogP contribution in [0.4, 0.5) is 5.69 Å². The molecule has 9 nitrogen and oxygen atoms in total. The summed E-state index contributed by atoms with van der Waals surface area (Å²) < 4.78 is 4.87. The number of carbonyl (C=O) groups excluding carboxylic acids is 3. The van der Waals surface area contributed by atoms with Crippen molar-refractivity contribution in [1.29, 1.82) is 0 Å². The highest BCUT2D eigenvalue weighted by atomic mass is 16.5. The summed E-state index contributed by atoms with van der Waals surface area (Å²) >= 11 is 0. The molecule has 1 aromatic carbocycles. The predicted molar refractivity (Wildman–Crippen MR) is 87.4 cm³/mol. The van der Waals surface area contributed by atoms with Gasteiger partial charge in [0, 0.05) is 0 Å². The van der Waals surface area contributed by atoms with Crippen molar-refractivity contribution in [3.8, 4) is 0 Å². The Labute approximate surface area is 143 Å². The minimum atomic E-state index is -1.26. The van der Waals surface area contributed by atoms with Gasteiger partial charge in [0.15, 0.2) is 11.8 Å². The van der Waals surface area contributed by atoms with Gasteiger partial charge >= 0.3 is 5.97 Å². The van der Waals surface area contributed by atoms with E-state index in [9.17, 15) is 19.3 Å². The number of hydrogen-bond acceptors (Lipinski definition) is 7. The third-order valence-corrected chi connectivity index (χ3v) is 4.06. The third-order valence-electron chi connectivity index (χ3n) is 4.06. The van der Waals surface area contributed by atoms with Crippen LogP contribution in [0.3, 0.4) is 0 Å². The zero-order chi connectivity index (χ0) is 18.3. The lowest BCUT2D eigenvalue weighted by molar-refractivity contribution is -0.136. The van der Waals surface area contributed by atoms with Crippen molar-refractivity contribution in [3.63, 3.8) is 0 Å². The van der Waals surface area contributed by atoms with E-state index in [0.29, 0.717) is 10.8 Å². The molecule has 1 fully saturated rings. The molecule has 2 atom stereocenters. The minimum absolute atomic E-state index is 0.0761. The molecule has 0 radical (unpaired) electrons. The number of carbonyl (C=O) groups is 3. The molecule has 0 aromatic heterocycles. The van der Waals surface area contributed by atoms with Gasteiger partial charge in [-0.2, -0.15) is 0 Å². The Kier molecular flexibility index (Phi) is 4.07. The van der Waals surface area contributed by atoms with Gasteiger partial charge in [-0.05, 0) is 44.0 Å². The van der Waals surface area contributed by atoms with Gasteiger partial charge in [0.2, 0.25) is 5.91 Å². The maximum atomic E-state index is 12.8. The molecular weight excluding hydrogens is 328 g/mol. The molecule has 0 aliphatic carbocycles. The second-order valence-electron chi connectivity index (χ2n) is 5.89. The summed E-state index contributed by atoms with van der Waals surface area (Å²) in [4.78, 5) is 49.6. The number of hydrogen-bond donors (Lipinski definition) is 0. The summed E-state index contributed by atoms with van der Waals surface area (Å²) in [5.41, 5.74) is 1.85. The molecule has 9 heteroatoms. The molecule has 1 aromatic rings. The van der Waals surface area contributed by atoms with Gasteiger partial charge < -0.3 is 4.74 Å². The van der Waals surface area contributed by atoms with E-state index in [4.69, 9.17) is 4.74 Å². The Hall–Kier alpha value is -3.10. The number of imide groups is 1. The van der Waals surface area contributed by atoms with Crippen LogP contribution < -0.4 is 4.90 Å². The van der Waals surface area contributed by atoms with Crippen LogP contribution in [-0.2, 0) is 19.1 Å². The number of ether oxygens (including phenoxy) is 1. The quantitative estimate of drug-likeness (QED) is 0.459. The molecule has 2 aliphatic heterocycles. The molecule has 2 unspecified atom stereocenters. The van der Waals surface area contributed by atoms with Gasteiger partial charge in [-0.15, -0.1) is 15.1 Å². The highest BCUT2D eigenvalue weighted by Crippen LogP contribution is 2.36. The first kappa shape index (κ1) is 16.7. The van der Waals surface area contributed by atoms with Crippen molar-refractivity contribution in [2.24, 2.45) is 16.3 Å². The average molecular weight is 344 g/mol. The van der Waals surface area contributed by atoms with E-state index in [1.54, 1.807) is 19.1 Å². The summed E-state index contributed by atoms with van der Waals surface area (Å²) in [6.07, 6.45) is 0. The zero-order valence-corrected chi connectivity index (χ0v) is 13.9. The molecule has 130 valence electrons. The van der Waals surface area contributed by atoms with Crippen molar-refractivity contribution in [1.82, 2.24) is 5.12 Å². The largest absolute Gasteiger partial charge is 0.461 e. The normalized spacial score (nSPS) is 22.1. The van der Waals surface area contributed by atoms with Crippen LogP contribution in [0, 0.1) is 24.7 Å². The summed E-state index contributed by atoms with van der Waals surface area (Å²) in [7, 11) is 0. The molecule has 0 saturated carbocycles. The number of anilines is 1. The van der Waals surface area contributed by atoms with E-state index < -0.39 is 29.7 Å². The number of rotatable bonds is 4. The van der Waals surface area contributed by atoms with Gasteiger partial charge in [-0.25, -0.2) is 9.69 Å². The van der Waals surface area contributed by atoms with E-state index in [2.05, 4.69) is 10.4 Å². The van der Waals surface area contributed by atoms with Crippen LogP contribution in [0.15, 0.2) is 28.6 Å². The number of hydrazone groups is 1. The minimum Gasteiger partial charge on any atom is -0.461 e. The molecule has 2 heterocycles. The first-order valence-corrected chi connectivity index (χ1v) is 7.73. The Morgan fingerprint density at radius 1 is 1.20 bits per heavy atom. The summed E-state index contributed by atoms with van der Waals surface area (Å²) in [5, 5.41) is 6.93. The van der Waals surface area contributed by atoms with Crippen LogP contribution in [0.25, 0.3) is 0 Å². The van der Waals surface area contributed by atoms with Crippen molar-refractivity contribution in [3.05, 3.63) is 34.2 Å². The standard InChI is InChI=1S/C16H16N4O5/c1-4-25-16(23)12-11-13(20(17-12)18-24)15(22)19(14(11)21)10-6-8(2)5-9(3)7-10/h5-7,11,13H,4H2,1-3H3. The van der Waals surface area contributed by atoms with Gasteiger partial charge in [-0.1, -0.05) is 6.07 Å². The summed E-state index contributed by atoms with van der Waals surface area (Å²) in [5.74, 6) is -3.32. The Bertz CT molecular complexity index is 798. The van der Waals surface area contributed by atoms with Crippen molar-refractivity contribution in [2.75, 3.05) is 11.5 Å². The van der Waals surface area contributed by atoms with Gasteiger partial charge in [-0.3, -0.25) is 9.59 Å². The lowest BCUT2D eigenvalue weighted by Gasteiger charge is -2.18. The number of benzene rings is 1. The number of nitrogens with zero attached hydrogens (tertiary/aromatic N) is 4. The lowest BCUT2D eigenvalue weighted by Crippen LogP contribution is -2.36. The monoisotopic (exact) mass is 344 g/mol. The van der Waals surface area contributed by atoms with Crippen LogP contribution >= 0.6 is 0 Å². The lowest BCUT2D eigenvalue weighted by atomic mass is 9.98. The second kappa shape index (κ2) is 6.08. The fourth-order valence-corrected chi connectivity index (χ4v) is 3.17. The molecule has 2 amide bonds. The third kappa shape index (κ3) is 2.57. The van der Waals surface area contributed by atoms with Crippen LogP contribution in [0.2, 0.25) is 0 Å². The molecule has 0 N–H and O–H groups in total. The van der Waals surface area contributed by atoms with Crippen molar-refractivity contribution < 1.29 is 19.1 Å². The smallest absolute Gasteiger partial charge is 0.355 e. The molecule has 1 saturated heterocycles. The molecule has 25 heavy (non-hydrogen) atoms. The number of aryl methyl sites for hydroxylation is 2. The molecule has 0 bridgehead atoms. The van der Waals surface area contributed by atoms with Crippen molar-refractivity contribution in [2.45, 2.75) is 26.8 Å². The Morgan fingerprint density at radius 2 is 1.84 bits per heavy atom. The van der Waals surface area contributed by atoms with E-state index in [0.717, 1.165) is 16.0 Å². The highest BCUT2D eigenvalue weighted by Gasteiger charge is 2.59. The fourth-order valence-electron chi connectivity index (χ4n) is 3.17. The zero-order valence-electron chi connectivity index (χ0n) is 13.9. The van der Waals surface area contributed by atoms with Crippen molar-refractivity contribution >= 4 is 29.2 Å². The maximum absolute atomic E-state index is 12.8. The van der Waals surface area contributed by atoms with E-state index >= 15 is 0 Å². The highest BCUT2D eigenvalue weighted by molar-refractivity contribution is 6.46. The van der Waals surface area contributed by atoms with Gasteiger partial charge in [0.05, 0.1) is 17.6 Å². The second-order valence-corrected chi connectivity index (χ2v) is 5.89. The maximum Gasteiger partial charge on any atom is 0.355 e. The average Bonchev–Trinajstić information content (AvgIpc) is 3.04. The van der Waals surface area contributed by atoms with E-state index in [-0.39, 0.29) is 12.3 Å². The summed E-state index contributed by atoms with van der Waals surface area (Å²) in [6.45, 7) is 5.36. The first-order valence-electron chi connectivity index (χ1n) is 7.73. The van der Waals surface area contributed by atoms with Crippen LogP contribution in [0.5, 0.6) is 0 Å². The number of esters is 1. The SMILES string of the molecule is CCOC(=O)C1=NN(N=O)C2C(=O)N(c3cc(C)cc(C)c3)C(=O)C12. The fraction of sp³-hybridized carbons (Fsp3) is 0.375. The topological polar surface area (TPSA) is 109 Å². The van der Waals surface area contributed by atoms with E-state index in [1.807, 2.05) is 19.9 Å². The number of fused-ring (bicyclic) bond motifs is 1. The van der Waals surface area contributed by atoms with E-state index in [1.165, 1.54) is 0 Å². The number of nitroso groups, excluding NO2 is 1. The van der Waals surface area contributed by atoms with Crippen LogP contribution in [-0.4, -0.2) is 41.3 Å². The molecule has 0 spiro atoms.